The smallest absolute Gasteiger partial charge is 0.260 e. The van der Waals surface area contributed by atoms with Gasteiger partial charge in [0.15, 0.2) is 23.9 Å². The molecule has 8 nitrogen and oxygen atoms in total. The third kappa shape index (κ3) is 4.56. The molecule has 2 aromatic rings. The van der Waals surface area contributed by atoms with Gasteiger partial charge in [-0.05, 0) is 32.4 Å². The predicted molar refractivity (Wildman–Crippen MR) is 97.8 cm³/mol. The van der Waals surface area contributed by atoms with E-state index in [4.69, 9.17) is 9.26 Å². The van der Waals surface area contributed by atoms with Gasteiger partial charge in [-0.1, -0.05) is 5.16 Å². The minimum Gasteiger partial charge on any atom is -0.481 e. The minimum absolute atomic E-state index is 0.0485. The van der Waals surface area contributed by atoms with Crippen LogP contribution in [0.3, 0.4) is 0 Å². The quantitative estimate of drug-likeness (QED) is 0.721. The summed E-state index contributed by atoms with van der Waals surface area (Å²) in [4.78, 5) is 13.9. The summed E-state index contributed by atoms with van der Waals surface area (Å²) in [6, 6.07) is 2.81. The Kier molecular flexibility index (Phi) is 6.18. The Morgan fingerprint density at radius 1 is 1.21 bits per heavy atom. The van der Waals surface area contributed by atoms with Crippen molar-refractivity contribution in [3.8, 4) is 5.75 Å². The summed E-state index contributed by atoms with van der Waals surface area (Å²) in [5, 5.41) is 3.69. The van der Waals surface area contributed by atoms with Crippen LogP contribution in [0, 0.1) is 25.5 Å². The lowest BCUT2D eigenvalue weighted by Gasteiger charge is -2.22. The standard InChI is InChI=1S/C18H21F2N3O5S/c1-12-18(13(2)28-21-12)29(25,26)23-7-3-6-22(8-9-23)17(24)11-27-16-5-4-14(19)10-15(16)20/h4-5,10H,3,6-9,11H2,1-2H3. The summed E-state index contributed by atoms with van der Waals surface area (Å²) in [5.74, 6) is -2.06. The van der Waals surface area contributed by atoms with Crippen LogP contribution in [0.2, 0.25) is 0 Å². The van der Waals surface area contributed by atoms with Crippen LogP contribution < -0.4 is 4.74 Å². The monoisotopic (exact) mass is 429 g/mol. The van der Waals surface area contributed by atoms with Gasteiger partial charge in [-0.25, -0.2) is 17.2 Å². The molecule has 1 aliphatic heterocycles. The molecule has 0 radical (unpaired) electrons. The van der Waals surface area contributed by atoms with E-state index in [1.54, 1.807) is 6.92 Å². The number of nitrogens with zero attached hydrogens (tertiary/aromatic N) is 3. The molecule has 0 bridgehead atoms. The first-order valence-corrected chi connectivity index (χ1v) is 10.4. The van der Waals surface area contributed by atoms with Crippen LogP contribution in [0.4, 0.5) is 8.78 Å². The Bertz CT molecular complexity index is 989. The van der Waals surface area contributed by atoms with E-state index in [0.29, 0.717) is 19.0 Å². The van der Waals surface area contributed by atoms with E-state index in [9.17, 15) is 22.0 Å². The van der Waals surface area contributed by atoms with Crippen molar-refractivity contribution >= 4 is 15.9 Å². The molecule has 0 N–H and O–H groups in total. The number of hydrogen-bond donors (Lipinski definition) is 0. The van der Waals surface area contributed by atoms with Crippen molar-refractivity contribution in [2.75, 3.05) is 32.8 Å². The first kappa shape index (κ1) is 21.2. The summed E-state index contributed by atoms with van der Waals surface area (Å²) >= 11 is 0. The van der Waals surface area contributed by atoms with E-state index in [1.165, 1.54) is 16.1 Å². The van der Waals surface area contributed by atoms with Gasteiger partial charge < -0.3 is 14.2 Å². The highest BCUT2D eigenvalue weighted by Crippen LogP contribution is 2.24. The molecule has 29 heavy (non-hydrogen) atoms. The number of aromatic nitrogens is 1. The number of sulfonamides is 1. The average Bonchev–Trinajstić information content (AvgIpc) is 2.85. The number of carbonyl (C=O) groups excluding carboxylic acids is 1. The Labute approximate surface area is 167 Å². The molecule has 0 spiro atoms. The van der Waals surface area contributed by atoms with Crippen LogP contribution in [0.25, 0.3) is 0 Å². The normalized spacial score (nSPS) is 15.9. The lowest BCUT2D eigenvalue weighted by Crippen LogP contribution is -2.39. The second-order valence-corrected chi connectivity index (χ2v) is 8.53. The number of amides is 1. The van der Waals surface area contributed by atoms with Crippen LogP contribution in [0.1, 0.15) is 17.9 Å². The second kappa shape index (κ2) is 8.46. The van der Waals surface area contributed by atoms with E-state index in [-0.39, 0.29) is 41.7 Å². The number of aryl methyl sites for hydroxylation is 2. The van der Waals surface area contributed by atoms with E-state index in [2.05, 4.69) is 5.16 Å². The molecule has 1 fully saturated rings. The van der Waals surface area contributed by atoms with Gasteiger partial charge in [0.1, 0.15) is 16.4 Å². The van der Waals surface area contributed by atoms with Crippen molar-refractivity contribution in [1.29, 1.82) is 0 Å². The average molecular weight is 429 g/mol. The van der Waals surface area contributed by atoms with Gasteiger partial charge in [-0.15, -0.1) is 0 Å². The van der Waals surface area contributed by atoms with E-state index < -0.39 is 34.2 Å². The maximum Gasteiger partial charge on any atom is 0.260 e. The highest BCUT2D eigenvalue weighted by molar-refractivity contribution is 7.89. The van der Waals surface area contributed by atoms with Crippen molar-refractivity contribution in [3.63, 3.8) is 0 Å². The van der Waals surface area contributed by atoms with Gasteiger partial charge in [0.05, 0.1) is 0 Å². The Hall–Kier alpha value is -2.53. The summed E-state index contributed by atoms with van der Waals surface area (Å²) < 4.78 is 63.8. The van der Waals surface area contributed by atoms with E-state index in [0.717, 1.165) is 12.1 Å². The number of halogens is 2. The lowest BCUT2D eigenvalue weighted by atomic mass is 10.3. The molecule has 0 atom stereocenters. The fourth-order valence-corrected chi connectivity index (χ4v) is 4.94. The van der Waals surface area contributed by atoms with Gasteiger partial charge >= 0.3 is 0 Å². The van der Waals surface area contributed by atoms with Crippen molar-refractivity contribution in [2.45, 2.75) is 25.2 Å². The Morgan fingerprint density at radius 2 is 1.97 bits per heavy atom. The molecule has 158 valence electrons. The largest absolute Gasteiger partial charge is 0.481 e. The molecule has 3 rings (SSSR count). The molecule has 1 aromatic heterocycles. The topological polar surface area (TPSA) is 93.0 Å². The number of ether oxygens (including phenoxy) is 1. The van der Waals surface area contributed by atoms with Crippen molar-refractivity contribution in [3.05, 3.63) is 41.3 Å². The van der Waals surface area contributed by atoms with Crippen molar-refractivity contribution in [2.24, 2.45) is 0 Å². The van der Waals surface area contributed by atoms with Gasteiger partial charge in [0.2, 0.25) is 10.0 Å². The molecule has 2 heterocycles. The van der Waals surface area contributed by atoms with Crippen LogP contribution in [0.15, 0.2) is 27.6 Å². The molecular formula is C18H21F2N3O5S. The van der Waals surface area contributed by atoms with Gasteiger partial charge in [-0.2, -0.15) is 4.31 Å². The van der Waals surface area contributed by atoms with Crippen molar-refractivity contribution in [1.82, 2.24) is 14.4 Å². The zero-order valence-electron chi connectivity index (χ0n) is 16.0. The summed E-state index contributed by atoms with van der Waals surface area (Å²) in [6.45, 7) is 3.50. The summed E-state index contributed by atoms with van der Waals surface area (Å²) in [7, 11) is -3.79. The van der Waals surface area contributed by atoms with Crippen LogP contribution in [-0.4, -0.2) is 61.5 Å². The molecule has 0 saturated carbocycles. The molecule has 0 aliphatic carbocycles. The maximum absolute atomic E-state index is 13.6. The van der Waals surface area contributed by atoms with E-state index in [1.807, 2.05) is 0 Å². The number of carbonyl (C=O) groups is 1. The summed E-state index contributed by atoms with van der Waals surface area (Å²) in [6.07, 6.45) is 0.430. The van der Waals surface area contributed by atoms with Gasteiger partial charge in [0.25, 0.3) is 5.91 Å². The Morgan fingerprint density at radius 3 is 2.62 bits per heavy atom. The third-order valence-corrected chi connectivity index (χ3v) is 6.76. The third-order valence-electron chi connectivity index (χ3n) is 4.62. The highest BCUT2D eigenvalue weighted by atomic mass is 32.2. The molecule has 1 saturated heterocycles. The fourth-order valence-electron chi connectivity index (χ4n) is 3.18. The maximum atomic E-state index is 13.6. The zero-order valence-corrected chi connectivity index (χ0v) is 16.8. The molecular weight excluding hydrogens is 408 g/mol. The minimum atomic E-state index is -3.79. The predicted octanol–water partition coefficient (Wildman–Crippen LogP) is 1.87. The van der Waals surface area contributed by atoms with Crippen molar-refractivity contribution < 1.29 is 31.3 Å². The molecule has 1 amide bonds. The summed E-state index contributed by atoms with van der Waals surface area (Å²) in [5.41, 5.74) is 0.286. The number of benzene rings is 1. The first-order chi connectivity index (χ1) is 13.7. The van der Waals surface area contributed by atoms with Crippen LogP contribution in [0.5, 0.6) is 5.75 Å². The van der Waals surface area contributed by atoms with Gasteiger partial charge in [-0.3, -0.25) is 4.79 Å². The van der Waals surface area contributed by atoms with E-state index >= 15 is 0 Å². The van der Waals surface area contributed by atoms with Crippen LogP contribution >= 0.6 is 0 Å². The highest BCUT2D eigenvalue weighted by Gasteiger charge is 2.33. The molecule has 11 heteroatoms. The second-order valence-electron chi connectivity index (χ2n) is 6.66. The number of rotatable bonds is 5. The lowest BCUT2D eigenvalue weighted by molar-refractivity contribution is -0.133. The molecule has 0 unspecified atom stereocenters. The molecule has 1 aliphatic rings. The Balaban J connectivity index is 1.63. The molecule has 1 aromatic carbocycles. The van der Waals surface area contributed by atoms with Crippen LogP contribution in [-0.2, 0) is 14.8 Å². The SMILES string of the molecule is Cc1noc(C)c1S(=O)(=O)N1CCCN(C(=O)COc2ccc(F)cc2F)CC1. The fraction of sp³-hybridized carbons (Fsp3) is 0.444. The van der Waals surface area contributed by atoms with Gasteiger partial charge in [0, 0.05) is 32.2 Å². The number of hydrogen-bond acceptors (Lipinski definition) is 6. The zero-order chi connectivity index (χ0) is 21.2. The first-order valence-electron chi connectivity index (χ1n) is 8.99.